The third kappa shape index (κ3) is 4.44. The van der Waals surface area contributed by atoms with Crippen LogP contribution in [-0.2, 0) is 22.6 Å². The lowest BCUT2D eigenvalue weighted by Crippen LogP contribution is -2.41. The average Bonchev–Trinajstić information content (AvgIpc) is 2.59. The van der Waals surface area contributed by atoms with Crippen LogP contribution in [0.1, 0.15) is 38.3 Å². The highest BCUT2D eigenvalue weighted by Crippen LogP contribution is 2.33. The number of fused-ring (bicyclic) bond motifs is 1. The number of hydrogen-bond donors (Lipinski definition) is 0. The first-order chi connectivity index (χ1) is 11.9. The number of amides is 2. The van der Waals surface area contributed by atoms with E-state index in [1.165, 1.54) is 5.56 Å². The van der Waals surface area contributed by atoms with E-state index in [2.05, 4.69) is 0 Å². The van der Waals surface area contributed by atoms with Crippen LogP contribution < -0.4 is 9.47 Å². The Hall–Kier alpha value is -2.24. The first-order valence-electron chi connectivity index (χ1n) is 8.66. The second-order valence-electron chi connectivity index (χ2n) is 6.60. The summed E-state index contributed by atoms with van der Waals surface area (Å²) in [6.45, 7) is 7.17. The van der Waals surface area contributed by atoms with E-state index in [9.17, 15) is 9.59 Å². The van der Waals surface area contributed by atoms with Crippen molar-refractivity contribution in [2.45, 2.75) is 46.2 Å². The van der Waals surface area contributed by atoms with Gasteiger partial charge in [-0.25, -0.2) is 0 Å². The van der Waals surface area contributed by atoms with Gasteiger partial charge in [0.2, 0.25) is 11.8 Å². The molecule has 0 spiro atoms. The lowest BCUT2D eigenvalue weighted by molar-refractivity contribution is -0.134. The highest BCUT2D eigenvalue weighted by atomic mass is 16.5. The van der Waals surface area contributed by atoms with Crippen molar-refractivity contribution in [2.75, 3.05) is 27.3 Å². The van der Waals surface area contributed by atoms with Gasteiger partial charge in [-0.1, -0.05) is 0 Å². The molecule has 0 unspecified atom stereocenters. The number of methoxy groups -OCH3 is 2. The van der Waals surface area contributed by atoms with Gasteiger partial charge in [0.15, 0.2) is 11.5 Å². The molecular formula is C19H28N2O4. The van der Waals surface area contributed by atoms with E-state index in [0.717, 1.165) is 17.7 Å². The van der Waals surface area contributed by atoms with Gasteiger partial charge in [-0.2, -0.15) is 0 Å². The van der Waals surface area contributed by atoms with Gasteiger partial charge < -0.3 is 19.3 Å². The molecule has 6 nitrogen and oxygen atoms in total. The highest BCUT2D eigenvalue weighted by molar-refractivity contribution is 5.78. The van der Waals surface area contributed by atoms with E-state index in [-0.39, 0.29) is 17.9 Å². The lowest BCUT2D eigenvalue weighted by atomic mass is 9.98. The van der Waals surface area contributed by atoms with Crippen LogP contribution >= 0.6 is 0 Å². The van der Waals surface area contributed by atoms with E-state index < -0.39 is 0 Å². The molecule has 0 saturated carbocycles. The van der Waals surface area contributed by atoms with Crippen molar-refractivity contribution in [1.29, 1.82) is 0 Å². The van der Waals surface area contributed by atoms with E-state index in [1.54, 1.807) is 26.0 Å². The smallest absolute Gasteiger partial charge is 0.224 e. The molecule has 1 aromatic rings. The minimum atomic E-state index is 0.00335. The Morgan fingerprint density at radius 2 is 1.76 bits per heavy atom. The Morgan fingerprint density at radius 3 is 2.28 bits per heavy atom. The van der Waals surface area contributed by atoms with E-state index in [4.69, 9.17) is 9.47 Å². The maximum atomic E-state index is 12.6. The predicted molar refractivity (Wildman–Crippen MR) is 95.8 cm³/mol. The molecule has 0 aromatic heterocycles. The second kappa shape index (κ2) is 8.23. The summed E-state index contributed by atoms with van der Waals surface area (Å²) in [4.78, 5) is 27.8. The fraction of sp³-hybridized carbons (Fsp3) is 0.579. The van der Waals surface area contributed by atoms with Crippen LogP contribution in [0, 0.1) is 0 Å². The van der Waals surface area contributed by atoms with E-state index in [1.807, 2.05) is 30.9 Å². The van der Waals surface area contributed by atoms with Gasteiger partial charge in [-0.3, -0.25) is 9.59 Å². The average molecular weight is 348 g/mol. The normalized spacial score (nSPS) is 13.4. The third-order valence-corrected chi connectivity index (χ3v) is 4.67. The second-order valence-corrected chi connectivity index (χ2v) is 6.60. The lowest BCUT2D eigenvalue weighted by Gasteiger charge is -2.31. The van der Waals surface area contributed by atoms with Crippen LogP contribution in [0.3, 0.4) is 0 Å². The van der Waals surface area contributed by atoms with Crippen molar-refractivity contribution in [3.05, 3.63) is 23.3 Å². The zero-order chi connectivity index (χ0) is 18.6. The quantitative estimate of drug-likeness (QED) is 0.791. The zero-order valence-corrected chi connectivity index (χ0v) is 15.8. The van der Waals surface area contributed by atoms with Gasteiger partial charge in [0, 0.05) is 39.0 Å². The van der Waals surface area contributed by atoms with Crippen LogP contribution in [0.5, 0.6) is 11.5 Å². The number of carbonyl (C=O) groups is 2. The minimum absolute atomic E-state index is 0.00335. The van der Waals surface area contributed by atoms with Crippen LogP contribution in [0.2, 0.25) is 0 Å². The molecule has 0 saturated heterocycles. The number of carbonyl (C=O) groups excluding carboxylic acids is 2. The maximum absolute atomic E-state index is 12.6. The maximum Gasteiger partial charge on any atom is 0.224 e. The number of ether oxygens (including phenoxy) is 2. The van der Waals surface area contributed by atoms with Crippen LogP contribution in [-0.4, -0.2) is 55.0 Å². The first-order valence-corrected chi connectivity index (χ1v) is 8.66. The molecule has 2 rings (SSSR count). The Bertz CT molecular complexity index is 643. The van der Waals surface area contributed by atoms with Crippen molar-refractivity contribution < 1.29 is 19.1 Å². The number of nitrogens with zero attached hydrogens (tertiary/aromatic N) is 2. The molecule has 0 fully saturated rings. The van der Waals surface area contributed by atoms with Gasteiger partial charge in [0.1, 0.15) is 0 Å². The summed E-state index contributed by atoms with van der Waals surface area (Å²) in [6, 6.07) is 4.04. The molecule has 0 N–H and O–H groups in total. The zero-order valence-electron chi connectivity index (χ0n) is 15.8. The molecule has 0 aliphatic carbocycles. The topological polar surface area (TPSA) is 59.1 Å². The fourth-order valence-corrected chi connectivity index (χ4v) is 3.25. The van der Waals surface area contributed by atoms with Crippen LogP contribution in [0.4, 0.5) is 0 Å². The summed E-state index contributed by atoms with van der Waals surface area (Å²) >= 11 is 0. The molecule has 1 heterocycles. The predicted octanol–water partition coefficient (Wildman–Crippen LogP) is 2.24. The molecule has 1 aliphatic heterocycles. The summed E-state index contributed by atoms with van der Waals surface area (Å²) in [5.41, 5.74) is 2.28. The highest BCUT2D eigenvalue weighted by Gasteiger charge is 2.24. The molecule has 0 atom stereocenters. The SMILES string of the molecule is COc1cc2c(cc1OC)CN(C(=O)CCN(C(C)=O)C(C)C)CC2. The van der Waals surface area contributed by atoms with Crippen molar-refractivity contribution >= 4 is 11.8 Å². The number of hydrogen-bond acceptors (Lipinski definition) is 4. The Morgan fingerprint density at radius 1 is 1.16 bits per heavy atom. The summed E-state index contributed by atoms with van der Waals surface area (Å²) in [5.74, 6) is 1.48. The van der Waals surface area contributed by atoms with Gasteiger partial charge in [-0.15, -0.1) is 0 Å². The van der Waals surface area contributed by atoms with Crippen molar-refractivity contribution in [1.82, 2.24) is 9.80 Å². The summed E-state index contributed by atoms with van der Waals surface area (Å²) in [5, 5.41) is 0. The Kier molecular flexibility index (Phi) is 6.28. The number of benzene rings is 1. The van der Waals surface area contributed by atoms with E-state index >= 15 is 0 Å². The molecule has 0 bridgehead atoms. The summed E-state index contributed by atoms with van der Waals surface area (Å²) in [6.07, 6.45) is 1.14. The molecule has 6 heteroatoms. The molecule has 1 aromatic carbocycles. The molecular weight excluding hydrogens is 320 g/mol. The fourth-order valence-electron chi connectivity index (χ4n) is 3.25. The number of rotatable bonds is 6. The van der Waals surface area contributed by atoms with Gasteiger partial charge in [0.05, 0.1) is 14.2 Å². The molecule has 1 aliphatic rings. The molecule has 25 heavy (non-hydrogen) atoms. The monoisotopic (exact) mass is 348 g/mol. The molecule has 2 amide bonds. The Labute approximate surface area is 149 Å². The Balaban J connectivity index is 2.04. The largest absolute Gasteiger partial charge is 0.493 e. The molecule has 138 valence electrons. The van der Waals surface area contributed by atoms with Crippen molar-refractivity contribution in [2.24, 2.45) is 0 Å². The minimum Gasteiger partial charge on any atom is -0.493 e. The summed E-state index contributed by atoms with van der Waals surface area (Å²) in [7, 11) is 3.23. The van der Waals surface area contributed by atoms with Gasteiger partial charge in [0.25, 0.3) is 0 Å². The third-order valence-electron chi connectivity index (χ3n) is 4.67. The van der Waals surface area contributed by atoms with Crippen molar-refractivity contribution in [3.8, 4) is 11.5 Å². The van der Waals surface area contributed by atoms with Crippen molar-refractivity contribution in [3.63, 3.8) is 0 Å². The first kappa shape index (κ1) is 19.1. The van der Waals surface area contributed by atoms with Gasteiger partial charge >= 0.3 is 0 Å². The molecule has 0 radical (unpaired) electrons. The standard InChI is InChI=1S/C19H28N2O4/c1-13(2)21(14(3)22)9-7-19(23)20-8-6-15-10-17(24-4)18(25-5)11-16(15)12-20/h10-11,13H,6-9,12H2,1-5H3. The van der Waals surface area contributed by atoms with E-state index in [0.29, 0.717) is 31.8 Å². The van der Waals surface area contributed by atoms with Crippen LogP contribution in [0.25, 0.3) is 0 Å². The van der Waals surface area contributed by atoms with Crippen LogP contribution in [0.15, 0.2) is 12.1 Å². The van der Waals surface area contributed by atoms with Gasteiger partial charge in [-0.05, 0) is 43.5 Å². The summed E-state index contributed by atoms with van der Waals surface area (Å²) < 4.78 is 10.7.